The lowest BCUT2D eigenvalue weighted by molar-refractivity contribution is 0.186. The smallest absolute Gasteiger partial charge is 0.240 e. The number of halogens is 1. The quantitative estimate of drug-likeness (QED) is 0.484. The topological polar surface area (TPSA) is 51.6 Å². The first-order chi connectivity index (χ1) is 8.65. The van der Waals surface area contributed by atoms with Crippen LogP contribution in [0.1, 0.15) is 11.1 Å². The minimum atomic E-state index is 0.388. The summed E-state index contributed by atoms with van der Waals surface area (Å²) in [6.07, 6.45) is 1.53. The summed E-state index contributed by atoms with van der Waals surface area (Å²) in [5.41, 5.74) is 3.08. The predicted octanol–water partition coefficient (Wildman–Crippen LogP) is 3.31. The first-order valence-corrected chi connectivity index (χ1v) is 5.70. The van der Waals surface area contributed by atoms with E-state index in [0.717, 1.165) is 16.5 Å². The van der Waals surface area contributed by atoms with E-state index in [0.29, 0.717) is 23.0 Å². The van der Waals surface area contributed by atoms with E-state index in [1.807, 2.05) is 13.0 Å². The summed E-state index contributed by atoms with van der Waals surface area (Å²) < 4.78 is 5.14. The van der Waals surface area contributed by atoms with Crippen molar-refractivity contribution in [1.29, 1.82) is 0 Å². The van der Waals surface area contributed by atoms with Crippen molar-refractivity contribution < 1.29 is 9.53 Å². The van der Waals surface area contributed by atoms with Gasteiger partial charge in [0.15, 0.2) is 0 Å². The Labute approximate surface area is 109 Å². The molecule has 0 unspecified atom stereocenters. The van der Waals surface area contributed by atoms with E-state index in [-0.39, 0.29) is 0 Å². The van der Waals surface area contributed by atoms with E-state index in [1.165, 1.54) is 6.08 Å². The number of methoxy groups -OCH3 is 1. The van der Waals surface area contributed by atoms with Crippen LogP contribution in [0.5, 0.6) is 0 Å². The zero-order valence-corrected chi connectivity index (χ0v) is 10.8. The summed E-state index contributed by atoms with van der Waals surface area (Å²) in [5.74, 6) is 0. The van der Waals surface area contributed by atoms with Gasteiger partial charge in [-0.25, -0.2) is 9.78 Å². The van der Waals surface area contributed by atoms with Crippen molar-refractivity contribution in [3.8, 4) is 0 Å². The molecule has 0 radical (unpaired) electrons. The van der Waals surface area contributed by atoms with Crippen LogP contribution in [0.4, 0.5) is 5.69 Å². The molecule has 92 valence electrons. The Morgan fingerprint density at radius 3 is 2.89 bits per heavy atom. The first kappa shape index (κ1) is 12.7. The van der Waals surface area contributed by atoms with Crippen LogP contribution in [0, 0.1) is 6.92 Å². The Bertz CT molecular complexity index is 649. The monoisotopic (exact) mass is 262 g/mol. The third kappa shape index (κ3) is 2.41. The Kier molecular flexibility index (Phi) is 3.72. The molecule has 5 heteroatoms. The first-order valence-electron chi connectivity index (χ1n) is 5.32. The van der Waals surface area contributed by atoms with Crippen LogP contribution < -0.4 is 0 Å². The lowest BCUT2D eigenvalue weighted by Crippen LogP contribution is -1.93. The van der Waals surface area contributed by atoms with Crippen LogP contribution >= 0.6 is 11.6 Å². The van der Waals surface area contributed by atoms with Crippen molar-refractivity contribution in [2.75, 3.05) is 7.11 Å². The molecule has 0 saturated carbocycles. The Morgan fingerprint density at radius 2 is 2.22 bits per heavy atom. The van der Waals surface area contributed by atoms with Gasteiger partial charge in [0, 0.05) is 12.5 Å². The van der Waals surface area contributed by atoms with Crippen LogP contribution in [0.2, 0.25) is 5.15 Å². The maximum atomic E-state index is 10.3. The molecule has 1 aromatic heterocycles. The van der Waals surface area contributed by atoms with Crippen molar-refractivity contribution in [2.24, 2.45) is 4.99 Å². The van der Waals surface area contributed by atoms with Gasteiger partial charge in [-0.15, -0.1) is 0 Å². The van der Waals surface area contributed by atoms with E-state index >= 15 is 0 Å². The van der Waals surface area contributed by atoms with E-state index in [9.17, 15) is 4.79 Å². The standard InChI is InChI=1S/C13H11ClN2O2/c1-8-3-10-9(6-18-2)4-13(14)16-12(10)5-11(8)15-7-17/h3-5H,6H2,1-2H3. The van der Waals surface area contributed by atoms with Gasteiger partial charge in [-0.05, 0) is 36.2 Å². The number of hydrogen-bond acceptors (Lipinski definition) is 4. The highest BCUT2D eigenvalue weighted by atomic mass is 35.5. The molecule has 0 amide bonds. The molecule has 4 nitrogen and oxygen atoms in total. The number of ether oxygens (including phenoxy) is 1. The molecule has 0 N–H and O–H groups in total. The molecule has 0 atom stereocenters. The number of benzene rings is 1. The fourth-order valence-corrected chi connectivity index (χ4v) is 2.07. The van der Waals surface area contributed by atoms with E-state index in [1.54, 1.807) is 19.2 Å². The van der Waals surface area contributed by atoms with Crippen molar-refractivity contribution >= 4 is 34.3 Å². The third-order valence-electron chi connectivity index (χ3n) is 2.65. The molecule has 2 rings (SSSR count). The van der Waals surface area contributed by atoms with Gasteiger partial charge < -0.3 is 4.74 Å². The van der Waals surface area contributed by atoms with Crippen LogP contribution in [-0.2, 0) is 16.1 Å². The van der Waals surface area contributed by atoms with Crippen molar-refractivity contribution in [1.82, 2.24) is 4.98 Å². The van der Waals surface area contributed by atoms with Crippen LogP contribution in [0.15, 0.2) is 23.2 Å². The van der Waals surface area contributed by atoms with Crippen molar-refractivity contribution in [2.45, 2.75) is 13.5 Å². The van der Waals surface area contributed by atoms with Gasteiger partial charge in [0.2, 0.25) is 6.08 Å². The van der Waals surface area contributed by atoms with Gasteiger partial charge in [0.1, 0.15) is 5.15 Å². The minimum absolute atomic E-state index is 0.388. The van der Waals surface area contributed by atoms with Gasteiger partial charge in [-0.1, -0.05) is 11.6 Å². The van der Waals surface area contributed by atoms with Gasteiger partial charge >= 0.3 is 0 Å². The summed E-state index contributed by atoms with van der Waals surface area (Å²) >= 11 is 5.95. The second-order valence-corrected chi connectivity index (χ2v) is 4.28. The summed E-state index contributed by atoms with van der Waals surface area (Å²) in [6.45, 7) is 2.33. The van der Waals surface area contributed by atoms with Gasteiger partial charge in [-0.3, -0.25) is 0 Å². The molecule has 2 aromatic rings. The SMILES string of the molecule is COCc1cc(Cl)nc2cc(N=C=O)c(C)cc12. The summed E-state index contributed by atoms with van der Waals surface area (Å²) in [4.78, 5) is 18.2. The molecule has 0 aliphatic rings. The summed E-state index contributed by atoms with van der Waals surface area (Å²) in [6, 6.07) is 5.42. The number of aliphatic imine (C=N–C) groups is 1. The molecule has 0 spiro atoms. The van der Waals surface area contributed by atoms with E-state index in [2.05, 4.69) is 9.98 Å². The summed E-state index contributed by atoms with van der Waals surface area (Å²) in [5, 5.41) is 1.34. The number of isocyanates is 1. The molecule has 18 heavy (non-hydrogen) atoms. The Hall–Kier alpha value is -1.74. The fourth-order valence-electron chi connectivity index (χ4n) is 1.85. The zero-order chi connectivity index (χ0) is 13.1. The molecule has 0 aliphatic heterocycles. The second-order valence-electron chi connectivity index (χ2n) is 3.90. The largest absolute Gasteiger partial charge is 0.380 e. The van der Waals surface area contributed by atoms with Gasteiger partial charge in [-0.2, -0.15) is 4.99 Å². The van der Waals surface area contributed by atoms with Crippen molar-refractivity contribution in [3.63, 3.8) is 0 Å². The zero-order valence-electron chi connectivity index (χ0n) is 10.0. The molecule has 0 fully saturated rings. The number of aromatic nitrogens is 1. The predicted molar refractivity (Wildman–Crippen MR) is 70.0 cm³/mol. The van der Waals surface area contributed by atoms with Crippen LogP contribution in [-0.4, -0.2) is 18.2 Å². The summed E-state index contributed by atoms with van der Waals surface area (Å²) in [7, 11) is 1.62. The number of pyridine rings is 1. The normalized spacial score (nSPS) is 10.4. The van der Waals surface area contributed by atoms with Crippen LogP contribution in [0.25, 0.3) is 10.9 Å². The average Bonchev–Trinajstić information content (AvgIpc) is 2.32. The molecule has 0 bridgehead atoms. The third-order valence-corrected chi connectivity index (χ3v) is 2.84. The fraction of sp³-hybridized carbons (Fsp3) is 0.231. The van der Waals surface area contributed by atoms with Gasteiger partial charge in [0.25, 0.3) is 0 Å². The van der Waals surface area contributed by atoms with Gasteiger partial charge in [0.05, 0.1) is 17.8 Å². The molecule has 1 heterocycles. The highest BCUT2D eigenvalue weighted by Gasteiger charge is 2.08. The molecule has 1 aromatic carbocycles. The minimum Gasteiger partial charge on any atom is -0.380 e. The molecular weight excluding hydrogens is 252 g/mol. The van der Waals surface area contributed by atoms with Crippen LogP contribution in [0.3, 0.4) is 0 Å². The molecule has 0 saturated heterocycles. The highest BCUT2D eigenvalue weighted by molar-refractivity contribution is 6.30. The lowest BCUT2D eigenvalue weighted by Gasteiger charge is -2.08. The maximum Gasteiger partial charge on any atom is 0.240 e. The highest BCUT2D eigenvalue weighted by Crippen LogP contribution is 2.28. The number of carbonyl (C=O) groups excluding carboxylic acids is 1. The Morgan fingerprint density at radius 1 is 1.44 bits per heavy atom. The number of nitrogens with zero attached hydrogens (tertiary/aromatic N) is 2. The molecule has 0 aliphatic carbocycles. The van der Waals surface area contributed by atoms with Crippen molar-refractivity contribution in [3.05, 3.63) is 34.5 Å². The van der Waals surface area contributed by atoms with E-state index < -0.39 is 0 Å². The number of aryl methyl sites for hydroxylation is 1. The molecular formula is C13H11ClN2O2. The number of fused-ring (bicyclic) bond motifs is 1. The number of rotatable bonds is 3. The average molecular weight is 263 g/mol. The lowest BCUT2D eigenvalue weighted by atomic mass is 10.1. The van der Waals surface area contributed by atoms with E-state index in [4.69, 9.17) is 16.3 Å². The Balaban J connectivity index is 2.74. The number of hydrogen-bond donors (Lipinski definition) is 0. The maximum absolute atomic E-state index is 10.3. The second kappa shape index (κ2) is 5.27.